The van der Waals surface area contributed by atoms with E-state index in [4.69, 9.17) is 0 Å². The standard InChI is InChI=1S/C17H16N4O2S/c1-13-7-9-14(10-8-13)24(22,23)20-19-18-16-11-12-21(2)17-6-4-3-5-15(16)17/h3-12H,1-2H3/b18-16+,20-19+. The van der Waals surface area contributed by atoms with Gasteiger partial charge in [-0.3, -0.25) is 0 Å². The van der Waals surface area contributed by atoms with Crippen LogP contribution in [0, 0.1) is 6.92 Å². The van der Waals surface area contributed by atoms with Crippen molar-refractivity contribution in [2.75, 3.05) is 0 Å². The zero-order valence-electron chi connectivity index (χ0n) is 13.3. The summed E-state index contributed by atoms with van der Waals surface area (Å²) >= 11 is 0. The highest BCUT2D eigenvalue weighted by Crippen LogP contribution is 2.13. The number of nitrogens with zero attached hydrogens (tertiary/aromatic N) is 4. The van der Waals surface area contributed by atoms with Crippen LogP contribution in [0.1, 0.15) is 5.56 Å². The normalized spacial score (nSPS) is 13.0. The Morgan fingerprint density at radius 2 is 1.67 bits per heavy atom. The fraction of sp³-hybridized carbons (Fsp3) is 0.118. The van der Waals surface area contributed by atoms with Crippen LogP contribution in [0.3, 0.4) is 0 Å². The van der Waals surface area contributed by atoms with E-state index in [0.29, 0.717) is 5.36 Å². The number of rotatable bonds is 3. The summed E-state index contributed by atoms with van der Waals surface area (Å²) in [5, 5.41) is 8.95. The van der Waals surface area contributed by atoms with Crippen LogP contribution >= 0.6 is 0 Å². The lowest BCUT2D eigenvalue weighted by atomic mass is 10.2. The van der Waals surface area contributed by atoms with Gasteiger partial charge in [0.15, 0.2) is 0 Å². The van der Waals surface area contributed by atoms with E-state index in [-0.39, 0.29) is 4.90 Å². The van der Waals surface area contributed by atoms with Crippen LogP contribution in [-0.2, 0) is 17.1 Å². The van der Waals surface area contributed by atoms with E-state index in [2.05, 4.69) is 14.8 Å². The summed E-state index contributed by atoms with van der Waals surface area (Å²) in [5.41, 5.74) is 1.94. The Bertz CT molecular complexity index is 1080. The van der Waals surface area contributed by atoms with Crippen molar-refractivity contribution in [1.29, 1.82) is 0 Å². The lowest BCUT2D eigenvalue weighted by molar-refractivity contribution is 0.594. The fourth-order valence-corrected chi connectivity index (χ4v) is 3.02. The average Bonchev–Trinajstić information content (AvgIpc) is 2.57. The molecule has 2 aromatic carbocycles. The van der Waals surface area contributed by atoms with E-state index in [0.717, 1.165) is 16.5 Å². The number of sulfonamides is 1. The Hall–Kier alpha value is -2.80. The molecule has 0 saturated heterocycles. The van der Waals surface area contributed by atoms with Crippen LogP contribution < -0.4 is 5.36 Å². The van der Waals surface area contributed by atoms with E-state index in [1.807, 2.05) is 49.0 Å². The van der Waals surface area contributed by atoms with Gasteiger partial charge in [0.2, 0.25) is 0 Å². The van der Waals surface area contributed by atoms with E-state index in [1.165, 1.54) is 12.1 Å². The highest BCUT2D eigenvalue weighted by atomic mass is 32.2. The number of pyridine rings is 1. The molecular formula is C17H16N4O2S. The summed E-state index contributed by atoms with van der Waals surface area (Å²) in [5.74, 6) is 0. The molecule has 3 rings (SSSR count). The summed E-state index contributed by atoms with van der Waals surface area (Å²) in [6.45, 7) is 1.88. The van der Waals surface area contributed by atoms with E-state index in [1.54, 1.807) is 18.2 Å². The quantitative estimate of drug-likeness (QED) is 0.542. The molecule has 0 aliphatic heterocycles. The zero-order chi connectivity index (χ0) is 17.2. The van der Waals surface area contributed by atoms with Gasteiger partial charge in [0.1, 0.15) is 0 Å². The van der Waals surface area contributed by atoms with Gasteiger partial charge in [-0.1, -0.05) is 35.9 Å². The minimum Gasteiger partial charge on any atom is -0.350 e. The first kappa shape index (κ1) is 16.1. The Kier molecular flexibility index (Phi) is 4.26. The van der Waals surface area contributed by atoms with Gasteiger partial charge in [0, 0.05) is 24.1 Å². The van der Waals surface area contributed by atoms with Gasteiger partial charge in [-0.2, -0.15) is 8.42 Å². The third-order valence-corrected chi connectivity index (χ3v) is 4.79. The van der Waals surface area contributed by atoms with Gasteiger partial charge in [-0.05, 0) is 40.9 Å². The van der Waals surface area contributed by atoms with Crippen molar-refractivity contribution in [3.05, 3.63) is 71.7 Å². The zero-order valence-corrected chi connectivity index (χ0v) is 14.1. The summed E-state index contributed by atoms with van der Waals surface area (Å²) in [6.07, 6.45) is 1.84. The Morgan fingerprint density at radius 3 is 2.42 bits per heavy atom. The Morgan fingerprint density at radius 1 is 0.958 bits per heavy atom. The first-order chi connectivity index (χ1) is 11.5. The lowest BCUT2D eigenvalue weighted by Crippen LogP contribution is -2.06. The van der Waals surface area contributed by atoms with Crippen molar-refractivity contribution in [2.24, 2.45) is 21.9 Å². The molecule has 0 aliphatic carbocycles. The molecule has 1 heterocycles. The molecule has 0 radical (unpaired) electrons. The molecule has 0 amide bonds. The third kappa shape index (κ3) is 3.26. The number of aromatic nitrogens is 1. The summed E-state index contributed by atoms with van der Waals surface area (Å²) in [7, 11) is -1.92. The van der Waals surface area contributed by atoms with E-state index < -0.39 is 10.0 Å². The highest BCUT2D eigenvalue weighted by Gasteiger charge is 2.12. The monoisotopic (exact) mass is 340 g/mol. The number of hydrogen-bond donors (Lipinski definition) is 0. The fourth-order valence-electron chi connectivity index (χ4n) is 2.31. The number of benzene rings is 2. The maximum absolute atomic E-state index is 12.1. The molecule has 24 heavy (non-hydrogen) atoms. The highest BCUT2D eigenvalue weighted by molar-refractivity contribution is 7.90. The number of aryl methyl sites for hydroxylation is 2. The second-order valence-corrected chi connectivity index (χ2v) is 6.97. The SMILES string of the molecule is Cc1ccc(S(=O)(=O)/N=N/N=c2\ccn(C)c3ccccc23)cc1. The maximum atomic E-state index is 12.1. The minimum atomic E-state index is -3.85. The molecule has 3 aromatic rings. The van der Waals surface area contributed by atoms with Gasteiger partial charge < -0.3 is 4.57 Å². The predicted octanol–water partition coefficient (Wildman–Crippen LogP) is 3.14. The minimum absolute atomic E-state index is 0.0939. The molecule has 7 heteroatoms. The Balaban J connectivity index is 2.00. The molecule has 0 saturated carbocycles. The van der Waals surface area contributed by atoms with Crippen LogP contribution in [0.4, 0.5) is 0 Å². The maximum Gasteiger partial charge on any atom is 0.301 e. The number of fused-ring (bicyclic) bond motifs is 1. The van der Waals surface area contributed by atoms with E-state index in [9.17, 15) is 8.42 Å². The molecule has 0 bridgehead atoms. The predicted molar refractivity (Wildman–Crippen MR) is 91.7 cm³/mol. The first-order valence-electron chi connectivity index (χ1n) is 7.29. The van der Waals surface area contributed by atoms with Crippen molar-refractivity contribution < 1.29 is 8.42 Å². The van der Waals surface area contributed by atoms with Gasteiger partial charge in [-0.15, -0.1) is 5.10 Å². The summed E-state index contributed by atoms with van der Waals surface area (Å²) in [6, 6.07) is 15.9. The first-order valence-corrected chi connectivity index (χ1v) is 8.73. The third-order valence-electron chi connectivity index (χ3n) is 3.63. The van der Waals surface area contributed by atoms with Crippen LogP contribution in [0.2, 0.25) is 0 Å². The molecule has 0 unspecified atom stereocenters. The van der Waals surface area contributed by atoms with Crippen LogP contribution in [-0.4, -0.2) is 13.0 Å². The summed E-state index contributed by atoms with van der Waals surface area (Å²) in [4.78, 5) is 0.0939. The largest absolute Gasteiger partial charge is 0.350 e. The molecular weight excluding hydrogens is 324 g/mol. The number of para-hydroxylation sites is 1. The van der Waals surface area contributed by atoms with Gasteiger partial charge in [-0.25, -0.2) is 0 Å². The van der Waals surface area contributed by atoms with Crippen molar-refractivity contribution in [1.82, 2.24) is 4.57 Å². The van der Waals surface area contributed by atoms with E-state index >= 15 is 0 Å². The van der Waals surface area contributed by atoms with Crippen molar-refractivity contribution in [2.45, 2.75) is 11.8 Å². The molecule has 0 spiro atoms. The lowest BCUT2D eigenvalue weighted by Gasteiger charge is -2.04. The Labute approximate surface area is 139 Å². The molecule has 0 N–H and O–H groups in total. The second kappa shape index (κ2) is 6.37. The topological polar surface area (TPSA) is 76.2 Å². The molecule has 0 aliphatic rings. The average molecular weight is 340 g/mol. The molecule has 6 nitrogen and oxygen atoms in total. The van der Waals surface area contributed by atoms with Crippen LogP contribution in [0.5, 0.6) is 0 Å². The summed E-state index contributed by atoms with van der Waals surface area (Å²) < 4.78 is 29.6. The molecule has 0 fully saturated rings. The van der Waals surface area contributed by atoms with Crippen molar-refractivity contribution in [3.63, 3.8) is 0 Å². The van der Waals surface area contributed by atoms with Gasteiger partial charge in [0.25, 0.3) is 0 Å². The van der Waals surface area contributed by atoms with Crippen LogP contribution in [0.25, 0.3) is 10.9 Å². The smallest absolute Gasteiger partial charge is 0.301 e. The van der Waals surface area contributed by atoms with Crippen molar-refractivity contribution >= 4 is 20.9 Å². The van der Waals surface area contributed by atoms with Gasteiger partial charge in [0.05, 0.1) is 10.3 Å². The second-order valence-electron chi connectivity index (χ2n) is 5.39. The van der Waals surface area contributed by atoms with Crippen LogP contribution in [0.15, 0.2) is 80.5 Å². The molecule has 0 atom stereocenters. The van der Waals surface area contributed by atoms with Crippen molar-refractivity contribution in [3.8, 4) is 0 Å². The molecule has 122 valence electrons. The molecule has 1 aromatic heterocycles. The number of hydrogen-bond acceptors (Lipinski definition) is 3. The van der Waals surface area contributed by atoms with Gasteiger partial charge >= 0.3 is 10.0 Å².